The summed E-state index contributed by atoms with van der Waals surface area (Å²) in [4.78, 5) is 0. The Hall–Kier alpha value is -2.15. The van der Waals surface area contributed by atoms with Gasteiger partial charge in [-0.25, -0.2) is 0 Å². The Morgan fingerprint density at radius 1 is 0.917 bits per heavy atom. The van der Waals surface area contributed by atoms with Crippen molar-refractivity contribution in [2.24, 2.45) is 0 Å². The van der Waals surface area contributed by atoms with Gasteiger partial charge < -0.3 is 10.4 Å². The highest BCUT2D eigenvalue weighted by atomic mass is 32.2. The van der Waals surface area contributed by atoms with Gasteiger partial charge in [-0.2, -0.15) is 0 Å². The van der Waals surface area contributed by atoms with Crippen molar-refractivity contribution in [2.45, 2.75) is 5.16 Å². The first-order chi connectivity index (χ1) is 11.9. The SMILES string of the molecule is OCCNCCSc1nnc(-c2ccccc2)n1-c1ccccc1. The molecule has 0 bridgehead atoms. The number of thioether (sulfide) groups is 1. The Kier molecular flexibility index (Phi) is 6.01. The molecule has 0 saturated heterocycles. The second kappa shape index (κ2) is 8.63. The van der Waals surface area contributed by atoms with Crippen LogP contribution >= 0.6 is 11.8 Å². The zero-order valence-electron chi connectivity index (χ0n) is 13.3. The van der Waals surface area contributed by atoms with Crippen molar-refractivity contribution < 1.29 is 5.11 Å². The number of para-hydroxylation sites is 1. The van der Waals surface area contributed by atoms with Crippen LogP contribution in [0, 0.1) is 0 Å². The van der Waals surface area contributed by atoms with Crippen molar-refractivity contribution >= 4 is 11.8 Å². The average molecular weight is 340 g/mol. The number of nitrogens with zero attached hydrogens (tertiary/aromatic N) is 3. The quantitative estimate of drug-likeness (QED) is 0.487. The minimum atomic E-state index is 0.156. The number of hydrogen-bond donors (Lipinski definition) is 2. The second-order valence-corrected chi connectivity index (χ2v) is 6.23. The molecule has 5 nitrogen and oxygen atoms in total. The van der Waals surface area contributed by atoms with Crippen LogP contribution in [0.3, 0.4) is 0 Å². The minimum absolute atomic E-state index is 0.156. The Morgan fingerprint density at radius 3 is 2.33 bits per heavy atom. The van der Waals surface area contributed by atoms with Gasteiger partial charge in [0.15, 0.2) is 11.0 Å². The van der Waals surface area contributed by atoms with Gasteiger partial charge in [-0.05, 0) is 12.1 Å². The lowest BCUT2D eigenvalue weighted by Crippen LogP contribution is -2.20. The van der Waals surface area contributed by atoms with E-state index in [1.165, 1.54) is 0 Å². The molecule has 3 aromatic rings. The minimum Gasteiger partial charge on any atom is -0.395 e. The van der Waals surface area contributed by atoms with Crippen LogP contribution in [0.4, 0.5) is 0 Å². The fourth-order valence-corrected chi connectivity index (χ4v) is 3.21. The molecule has 0 spiro atoms. The van der Waals surface area contributed by atoms with Crippen molar-refractivity contribution in [3.05, 3.63) is 60.7 Å². The first-order valence-corrected chi connectivity index (χ1v) is 8.89. The number of rotatable bonds is 8. The molecule has 1 heterocycles. The van der Waals surface area contributed by atoms with Crippen molar-refractivity contribution in [3.63, 3.8) is 0 Å². The van der Waals surface area contributed by atoms with Gasteiger partial charge in [0.25, 0.3) is 0 Å². The number of hydrogen-bond acceptors (Lipinski definition) is 5. The summed E-state index contributed by atoms with van der Waals surface area (Å²) >= 11 is 1.65. The fraction of sp³-hybridized carbons (Fsp3) is 0.222. The van der Waals surface area contributed by atoms with Gasteiger partial charge in [-0.1, -0.05) is 60.3 Å². The highest BCUT2D eigenvalue weighted by Gasteiger charge is 2.15. The average Bonchev–Trinajstić information content (AvgIpc) is 3.07. The molecule has 124 valence electrons. The topological polar surface area (TPSA) is 63.0 Å². The summed E-state index contributed by atoms with van der Waals surface area (Å²) in [6.07, 6.45) is 0. The zero-order chi connectivity index (χ0) is 16.6. The van der Waals surface area contributed by atoms with Crippen molar-refractivity contribution in [1.82, 2.24) is 20.1 Å². The molecule has 2 N–H and O–H groups in total. The van der Waals surface area contributed by atoms with E-state index in [2.05, 4.69) is 32.2 Å². The van der Waals surface area contributed by atoms with Crippen LogP contribution in [-0.2, 0) is 0 Å². The summed E-state index contributed by atoms with van der Waals surface area (Å²) in [5, 5.41) is 21.6. The molecule has 0 aliphatic rings. The van der Waals surface area contributed by atoms with Crippen LogP contribution in [0.2, 0.25) is 0 Å². The van der Waals surface area contributed by atoms with E-state index in [0.29, 0.717) is 6.54 Å². The highest BCUT2D eigenvalue weighted by Crippen LogP contribution is 2.27. The summed E-state index contributed by atoms with van der Waals surface area (Å²) in [6, 6.07) is 20.2. The molecule has 0 fully saturated rings. The summed E-state index contributed by atoms with van der Waals surface area (Å²) < 4.78 is 2.09. The molecule has 2 aromatic carbocycles. The first-order valence-electron chi connectivity index (χ1n) is 7.91. The molecule has 24 heavy (non-hydrogen) atoms. The molecule has 0 saturated carbocycles. The Balaban J connectivity index is 1.88. The van der Waals surface area contributed by atoms with Crippen LogP contribution in [0.15, 0.2) is 65.8 Å². The molecule has 1 aromatic heterocycles. The molecule has 0 unspecified atom stereocenters. The molecule has 0 aliphatic heterocycles. The Morgan fingerprint density at radius 2 is 1.62 bits per heavy atom. The molecular formula is C18H20N4OS. The molecule has 0 radical (unpaired) electrons. The first kappa shape index (κ1) is 16.7. The van der Waals surface area contributed by atoms with E-state index in [9.17, 15) is 0 Å². The Bertz CT molecular complexity index is 746. The maximum atomic E-state index is 8.81. The molecule has 3 rings (SSSR count). The van der Waals surface area contributed by atoms with Crippen LogP contribution in [0.25, 0.3) is 17.1 Å². The predicted octanol–water partition coefficient (Wildman–Crippen LogP) is 2.61. The van der Waals surface area contributed by atoms with Gasteiger partial charge >= 0.3 is 0 Å². The van der Waals surface area contributed by atoms with E-state index >= 15 is 0 Å². The third-order valence-electron chi connectivity index (χ3n) is 3.48. The van der Waals surface area contributed by atoms with E-state index in [4.69, 9.17) is 5.11 Å². The fourth-order valence-electron chi connectivity index (χ4n) is 2.37. The largest absolute Gasteiger partial charge is 0.395 e. The second-order valence-electron chi connectivity index (χ2n) is 5.17. The zero-order valence-corrected chi connectivity index (χ0v) is 14.1. The maximum Gasteiger partial charge on any atom is 0.196 e. The van der Waals surface area contributed by atoms with E-state index in [1.807, 2.05) is 48.5 Å². The normalized spacial score (nSPS) is 10.9. The van der Waals surface area contributed by atoms with Crippen molar-refractivity contribution in [1.29, 1.82) is 0 Å². The number of aromatic nitrogens is 3. The van der Waals surface area contributed by atoms with E-state index in [-0.39, 0.29) is 6.61 Å². The van der Waals surface area contributed by atoms with Gasteiger partial charge in [0.05, 0.1) is 6.61 Å². The van der Waals surface area contributed by atoms with Gasteiger partial charge in [-0.15, -0.1) is 10.2 Å². The van der Waals surface area contributed by atoms with E-state index in [0.717, 1.165) is 34.5 Å². The Labute approximate surface area is 145 Å². The highest BCUT2D eigenvalue weighted by molar-refractivity contribution is 7.99. The monoisotopic (exact) mass is 340 g/mol. The van der Waals surface area contributed by atoms with Crippen molar-refractivity contribution in [3.8, 4) is 17.1 Å². The lowest BCUT2D eigenvalue weighted by molar-refractivity contribution is 0.294. The third-order valence-corrected chi connectivity index (χ3v) is 4.41. The summed E-state index contributed by atoms with van der Waals surface area (Å²) in [5.74, 6) is 1.70. The maximum absolute atomic E-state index is 8.81. The van der Waals surface area contributed by atoms with E-state index < -0.39 is 0 Å². The van der Waals surface area contributed by atoms with Gasteiger partial charge in [-0.3, -0.25) is 4.57 Å². The van der Waals surface area contributed by atoms with Gasteiger partial charge in [0, 0.05) is 30.1 Å². The number of benzene rings is 2. The standard InChI is InChI=1S/C18H20N4OS/c23-13-11-19-12-14-24-18-21-20-17(15-7-3-1-4-8-15)22(18)16-9-5-2-6-10-16/h1-10,19,23H,11-14H2. The van der Waals surface area contributed by atoms with Gasteiger partial charge in [0.1, 0.15) is 0 Å². The van der Waals surface area contributed by atoms with E-state index in [1.54, 1.807) is 11.8 Å². The summed E-state index contributed by atoms with van der Waals surface area (Å²) in [5.41, 5.74) is 2.09. The van der Waals surface area contributed by atoms with Crippen LogP contribution in [0.5, 0.6) is 0 Å². The molecule has 0 atom stereocenters. The predicted molar refractivity (Wildman–Crippen MR) is 97.5 cm³/mol. The summed E-state index contributed by atoms with van der Waals surface area (Å²) in [7, 11) is 0. The number of aliphatic hydroxyl groups excluding tert-OH is 1. The van der Waals surface area contributed by atoms with Crippen LogP contribution < -0.4 is 5.32 Å². The molecule has 0 aliphatic carbocycles. The summed E-state index contributed by atoms with van der Waals surface area (Å²) in [6.45, 7) is 1.58. The smallest absolute Gasteiger partial charge is 0.196 e. The van der Waals surface area contributed by atoms with Gasteiger partial charge in [0.2, 0.25) is 0 Å². The van der Waals surface area contributed by atoms with Crippen LogP contribution in [-0.4, -0.2) is 45.3 Å². The number of nitrogens with one attached hydrogen (secondary N) is 1. The molecule has 0 amide bonds. The molecule has 6 heteroatoms. The lowest BCUT2D eigenvalue weighted by Gasteiger charge is -2.10. The third kappa shape index (κ3) is 4.03. The van der Waals surface area contributed by atoms with Crippen molar-refractivity contribution in [2.75, 3.05) is 25.4 Å². The molecular weight excluding hydrogens is 320 g/mol. The lowest BCUT2D eigenvalue weighted by atomic mass is 10.2. The van der Waals surface area contributed by atoms with Crippen LogP contribution in [0.1, 0.15) is 0 Å². The number of aliphatic hydroxyl groups is 1.